The van der Waals surface area contributed by atoms with Crippen molar-refractivity contribution in [2.45, 2.75) is 4.90 Å². The van der Waals surface area contributed by atoms with Gasteiger partial charge in [-0.2, -0.15) is 0 Å². The number of benzene rings is 3. The summed E-state index contributed by atoms with van der Waals surface area (Å²) in [5.74, 6) is 0. The molecule has 0 aromatic heterocycles. The van der Waals surface area contributed by atoms with Crippen molar-refractivity contribution in [1.82, 2.24) is 0 Å². The topological polar surface area (TPSA) is 0 Å². The highest BCUT2D eigenvalue weighted by molar-refractivity contribution is 9.10. The molecular weight excluding hydrogens is 340 g/mol. The minimum Gasteiger partial charge on any atom is -0.143 e. The van der Waals surface area contributed by atoms with Gasteiger partial charge in [0.15, 0.2) is 0 Å². The SMILES string of the molecule is Sc1ccccc1-c1cc(Cl)cc2cccc(Br)c12. The van der Waals surface area contributed by atoms with Crippen LogP contribution in [0.3, 0.4) is 0 Å². The van der Waals surface area contributed by atoms with E-state index in [0.29, 0.717) is 0 Å². The number of fused-ring (bicyclic) bond motifs is 1. The summed E-state index contributed by atoms with van der Waals surface area (Å²) in [7, 11) is 0. The molecule has 0 saturated heterocycles. The molecule has 3 rings (SSSR count). The Hall–Kier alpha value is -0.960. The van der Waals surface area contributed by atoms with Crippen LogP contribution >= 0.6 is 40.2 Å². The molecule has 94 valence electrons. The van der Waals surface area contributed by atoms with Crippen molar-refractivity contribution in [3.05, 3.63) is 64.1 Å². The maximum absolute atomic E-state index is 6.24. The second kappa shape index (κ2) is 5.20. The normalized spacial score (nSPS) is 10.9. The Morgan fingerprint density at radius 3 is 2.47 bits per heavy atom. The van der Waals surface area contributed by atoms with Crippen molar-refractivity contribution in [2.24, 2.45) is 0 Å². The molecule has 0 nitrogen and oxygen atoms in total. The number of halogens is 2. The molecule has 0 saturated carbocycles. The van der Waals surface area contributed by atoms with E-state index in [-0.39, 0.29) is 0 Å². The molecule has 0 heterocycles. The van der Waals surface area contributed by atoms with E-state index in [0.717, 1.165) is 36.3 Å². The lowest BCUT2D eigenvalue weighted by molar-refractivity contribution is 1.47. The van der Waals surface area contributed by atoms with Gasteiger partial charge in [-0.3, -0.25) is 0 Å². The molecule has 0 N–H and O–H groups in total. The highest BCUT2D eigenvalue weighted by Gasteiger charge is 2.10. The average Bonchev–Trinajstić information content (AvgIpc) is 2.38. The lowest BCUT2D eigenvalue weighted by Gasteiger charge is -2.11. The predicted octanol–water partition coefficient (Wildman–Crippen LogP) is 6.21. The summed E-state index contributed by atoms with van der Waals surface area (Å²) in [6.45, 7) is 0. The van der Waals surface area contributed by atoms with Crippen LogP contribution in [-0.2, 0) is 0 Å². The van der Waals surface area contributed by atoms with E-state index < -0.39 is 0 Å². The zero-order chi connectivity index (χ0) is 13.4. The smallest absolute Gasteiger partial charge is 0.0418 e. The summed E-state index contributed by atoms with van der Waals surface area (Å²) in [5.41, 5.74) is 2.19. The predicted molar refractivity (Wildman–Crippen MR) is 89.3 cm³/mol. The van der Waals surface area contributed by atoms with Crippen LogP contribution in [0.4, 0.5) is 0 Å². The van der Waals surface area contributed by atoms with E-state index >= 15 is 0 Å². The minimum absolute atomic E-state index is 0.734. The van der Waals surface area contributed by atoms with E-state index in [1.54, 1.807) is 0 Å². The largest absolute Gasteiger partial charge is 0.143 e. The fourth-order valence-corrected chi connectivity index (χ4v) is 3.36. The Labute approximate surface area is 130 Å². The molecule has 19 heavy (non-hydrogen) atoms. The molecule has 0 unspecified atom stereocenters. The third-order valence-electron chi connectivity index (χ3n) is 3.09. The van der Waals surface area contributed by atoms with Crippen molar-refractivity contribution in [3.8, 4) is 11.1 Å². The molecule has 0 aliphatic carbocycles. The Kier molecular flexibility index (Phi) is 3.57. The molecule has 0 atom stereocenters. The van der Waals surface area contributed by atoms with Crippen LogP contribution in [0.2, 0.25) is 5.02 Å². The Morgan fingerprint density at radius 1 is 0.895 bits per heavy atom. The van der Waals surface area contributed by atoms with Gasteiger partial charge in [-0.05, 0) is 40.8 Å². The van der Waals surface area contributed by atoms with Gasteiger partial charge in [0.2, 0.25) is 0 Å². The van der Waals surface area contributed by atoms with E-state index in [1.807, 2.05) is 42.5 Å². The van der Waals surface area contributed by atoms with Crippen LogP contribution in [0.25, 0.3) is 21.9 Å². The van der Waals surface area contributed by atoms with Gasteiger partial charge in [0.25, 0.3) is 0 Å². The Morgan fingerprint density at radius 2 is 1.68 bits per heavy atom. The highest BCUT2D eigenvalue weighted by Crippen LogP contribution is 2.38. The van der Waals surface area contributed by atoms with E-state index in [2.05, 4.69) is 40.7 Å². The summed E-state index contributed by atoms with van der Waals surface area (Å²) in [6, 6.07) is 18.1. The van der Waals surface area contributed by atoms with E-state index in [1.165, 1.54) is 0 Å². The summed E-state index contributed by atoms with van der Waals surface area (Å²) in [6.07, 6.45) is 0. The van der Waals surface area contributed by atoms with Crippen molar-refractivity contribution in [3.63, 3.8) is 0 Å². The summed E-state index contributed by atoms with van der Waals surface area (Å²) in [5, 5.41) is 3.01. The van der Waals surface area contributed by atoms with Gasteiger partial charge < -0.3 is 0 Å². The maximum atomic E-state index is 6.24. The Bertz CT molecular complexity index is 768. The Balaban J connectivity index is 2.44. The van der Waals surface area contributed by atoms with Crippen LogP contribution in [0, 0.1) is 0 Å². The first-order valence-electron chi connectivity index (χ1n) is 5.83. The van der Waals surface area contributed by atoms with Crippen LogP contribution in [0.1, 0.15) is 0 Å². The molecule has 3 heteroatoms. The van der Waals surface area contributed by atoms with Crippen LogP contribution in [0.15, 0.2) is 64.0 Å². The van der Waals surface area contributed by atoms with E-state index in [9.17, 15) is 0 Å². The molecule has 3 aromatic carbocycles. The molecule has 0 radical (unpaired) electrons. The molecule has 0 fully saturated rings. The molecule has 0 amide bonds. The average molecular weight is 350 g/mol. The monoisotopic (exact) mass is 348 g/mol. The summed E-state index contributed by atoms with van der Waals surface area (Å²) in [4.78, 5) is 0.946. The molecule has 0 bridgehead atoms. The third-order valence-corrected chi connectivity index (χ3v) is 4.35. The lowest BCUT2D eigenvalue weighted by atomic mass is 9.98. The fourth-order valence-electron chi connectivity index (χ4n) is 2.26. The molecule has 0 aliphatic heterocycles. The van der Waals surface area contributed by atoms with Gasteiger partial charge in [0.05, 0.1) is 0 Å². The zero-order valence-corrected chi connectivity index (χ0v) is 13.1. The first kappa shape index (κ1) is 13.0. The van der Waals surface area contributed by atoms with Gasteiger partial charge in [0.1, 0.15) is 0 Å². The number of thiol groups is 1. The summed E-state index contributed by atoms with van der Waals surface area (Å²) < 4.78 is 1.06. The molecule has 0 aliphatic rings. The van der Waals surface area contributed by atoms with Crippen LogP contribution in [0.5, 0.6) is 0 Å². The van der Waals surface area contributed by atoms with Gasteiger partial charge in [0, 0.05) is 19.8 Å². The second-order valence-electron chi connectivity index (χ2n) is 4.31. The van der Waals surface area contributed by atoms with Gasteiger partial charge in [-0.15, -0.1) is 12.6 Å². The summed E-state index contributed by atoms with van der Waals surface area (Å²) >= 11 is 14.4. The van der Waals surface area contributed by atoms with Crippen LogP contribution < -0.4 is 0 Å². The van der Waals surface area contributed by atoms with E-state index in [4.69, 9.17) is 11.6 Å². The fraction of sp³-hybridized carbons (Fsp3) is 0. The maximum Gasteiger partial charge on any atom is 0.0418 e. The minimum atomic E-state index is 0.734. The van der Waals surface area contributed by atoms with Gasteiger partial charge in [-0.1, -0.05) is 57.9 Å². The number of rotatable bonds is 1. The molecular formula is C16H10BrClS. The second-order valence-corrected chi connectivity index (χ2v) is 6.08. The molecule has 3 aromatic rings. The zero-order valence-electron chi connectivity index (χ0n) is 9.90. The quantitative estimate of drug-likeness (QED) is 0.496. The third kappa shape index (κ3) is 2.40. The highest BCUT2D eigenvalue weighted by atomic mass is 79.9. The van der Waals surface area contributed by atoms with Crippen LogP contribution in [-0.4, -0.2) is 0 Å². The standard InChI is InChI=1S/C16H10BrClS/c17-14-6-3-4-10-8-11(18)9-13(16(10)14)12-5-1-2-7-15(12)19/h1-9,19H. The lowest BCUT2D eigenvalue weighted by Crippen LogP contribution is -1.85. The van der Waals surface area contributed by atoms with Crippen molar-refractivity contribution in [1.29, 1.82) is 0 Å². The van der Waals surface area contributed by atoms with Crippen molar-refractivity contribution < 1.29 is 0 Å². The molecule has 0 spiro atoms. The van der Waals surface area contributed by atoms with Gasteiger partial charge in [-0.25, -0.2) is 0 Å². The van der Waals surface area contributed by atoms with Crippen molar-refractivity contribution in [2.75, 3.05) is 0 Å². The van der Waals surface area contributed by atoms with Crippen molar-refractivity contribution >= 4 is 50.9 Å². The first-order valence-corrected chi connectivity index (χ1v) is 7.45. The first-order chi connectivity index (χ1) is 9.16. The van der Waals surface area contributed by atoms with Gasteiger partial charge >= 0.3 is 0 Å². The number of hydrogen-bond donors (Lipinski definition) is 1. The number of hydrogen-bond acceptors (Lipinski definition) is 1.